The Morgan fingerprint density at radius 2 is 1.56 bits per heavy atom. The molecule has 0 atom stereocenters. The molecule has 2 aliphatic carbocycles. The number of aliphatic carboxylic acids is 1. The number of halogens is 2. The standard InChI is InChI=1S/C24H25Cl2NO5/c1-2-32-24-14(25)11-13(12-15(24)26)21-22-16(5-3-7-18(22)28)27(10-9-20(30)31)17-6-4-8-19(29)23(17)21/h11-12,21H,2-10H2,1H3,(H,30,31). The summed E-state index contributed by atoms with van der Waals surface area (Å²) in [5.41, 5.74) is 3.51. The summed E-state index contributed by atoms with van der Waals surface area (Å²) in [7, 11) is 0. The Morgan fingerprint density at radius 3 is 2.03 bits per heavy atom. The molecule has 1 heterocycles. The molecule has 0 amide bonds. The minimum Gasteiger partial charge on any atom is -0.491 e. The number of benzene rings is 1. The van der Waals surface area contributed by atoms with E-state index < -0.39 is 11.9 Å². The fourth-order valence-electron chi connectivity index (χ4n) is 5.06. The van der Waals surface area contributed by atoms with Gasteiger partial charge in [0.25, 0.3) is 0 Å². The van der Waals surface area contributed by atoms with E-state index in [0.29, 0.717) is 77.6 Å². The van der Waals surface area contributed by atoms with Crippen molar-refractivity contribution in [1.29, 1.82) is 0 Å². The number of carbonyl (C=O) groups excluding carboxylic acids is 2. The summed E-state index contributed by atoms with van der Waals surface area (Å²) in [5.74, 6) is -1.10. The molecular weight excluding hydrogens is 453 g/mol. The predicted molar refractivity (Wildman–Crippen MR) is 121 cm³/mol. The van der Waals surface area contributed by atoms with Crippen LogP contribution in [-0.2, 0) is 14.4 Å². The SMILES string of the molecule is CCOc1c(Cl)cc(C2C3=C(CCCC3=O)N(CCC(=O)O)C3=C2C(=O)CCC3)cc1Cl. The molecule has 0 saturated heterocycles. The van der Waals surface area contributed by atoms with Crippen molar-refractivity contribution in [1.82, 2.24) is 4.90 Å². The van der Waals surface area contributed by atoms with Crippen molar-refractivity contribution in [2.24, 2.45) is 0 Å². The van der Waals surface area contributed by atoms with E-state index in [1.165, 1.54) is 0 Å². The molecule has 0 aromatic heterocycles. The largest absolute Gasteiger partial charge is 0.491 e. The highest BCUT2D eigenvalue weighted by Crippen LogP contribution is 2.50. The summed E-state index contributed by atoms with van der Waals surface area (Å²) >= 11 is 13.0. The second kappa shape index (κ2) is 9.28. The first-order valence-electron chi connectivity index (χ1n) is 11.0. The lowest BCUT2D eigenvalue weighted by atomic mass is 9.71. The van der Waals surface area contributed by atoms with Gasteiger partial charge in [0.1, 0.15) is 0 Å². The molecule has 1 aromatic carbocycles. The second-order valence-electron chi connectivity index (χ2n) is 8.25. The van der Waals surface area contributed by atoms with Crippen LogP contribution in [0.15, 0.2) is 34.7 Å². The highest BCUT2D eigenvalue weighted by atomic mass is 35.5. The maximum atomic E-state index is 13.2. The summed E-state index contributed by atoms with van der Waals surface area (Å²) in [4.78, 5) is 39.6. The lowest BCUT2D eigenvalue weighted by molar-refractivity contribution is -0.137. The van der Waals surface area contributed by atoms with Crippen molar-refractivity contribution in [3.05, 3.63) is 50.3 Å². The van der Waals surface area contributed by atoms with E-state index in [0.717, 1.165) is 11.4 Å². The molecular formula is C24H25Cl2NO5. The van der Waals surface area contributed by atoms with E-state index in [2.05, 4.69) is 0 Å². The van der Waals surface area contributed by atoms with E-state index in [1.54, 1.807) is 12.1 Å². The number of nitrogens with zero attached hydrogens (tertiary/aromatic N) is 1. The molecule has 1 aromatic rings. The van der Waals surface area contributed by atoms with Gasteiger partial charge in [0.2, 0.25) is 0 Å². The van der Waals surface area contributed by atoms with E-state index in [1.807, 2.05) is 11.8 Å². The minimum absolute atomic E-state index is 0.0115. The normalized spacial score (nSPS) is 19.3. The molecule has 0 fully saturated rings. The molecule has 3 aliphatic rings. The highest BCUT2D eigenvalue weighted by molar-refractivity contribution is 6.37. The number of carbonyl (C=O) groups is 3. The van der Waals surface area contributed by atoms with E-state index in [9.17, 15) is 19.5 Å². The number of hydrogen-bond acceptors (Lipinski definition) is 5. The Kier molecular flexibility index (Phi) is 6.63. The maximum absolute atomic E-state index is 13.2. The Balaban J connectivity index is 1.91. The predicted octanol–water partition coefficient (Wildman–Crippen LogP) is 5.28. The summed E-state index contributed by atoms with van der Waals surface area (Å²) in [6.07, 6.45) is 3.47. The zero-order valence-corrected chi connectivity index (χ0v) is 19.4. The van der Waals surface area contributed by atoms with Gasteiger partial charge in [-0.3, -0.25) is 14.4 Å². The van der Waals surface area contributed by atoms with Crippen LogP contribution in [0, 0.1) is 0 Å². The van der Waals surface area contributed by atoms with Crippen LogP contribution in [0.2, 0.25) is 10.0 Å². The number of ketones is 2. The van der Waals surface area contributed by atoms with Gasteiger partial charge in [-0.1, -0.05) is 23.2 Å². The van der Waals surface area contributed by atoms with Crippen molar-refractivity contribution in [3.63, 3.8) is 0 Å². The zero-order valence-electron chi connectivity index (χ0n) is 17.9. The van der Waals surface area contributed by atoms with E-state index in [4.69, 9.17) is 27.9 Å². The van der Waals surface area contributed by atoms with Gasteiger partial charge in [0.15, 0.2) is 17.3 Å². The maximum Gasteiger partial charge on any atom is 0.305 e. The molecule has 0 saturated carbocycles. The van der Waals surface area contributed by atoms with Gasteiger partial charge in [-0.15, -0.1) is 0 Å². The first kappa shape index (κ1) is 22.9. The van der Waals surface area contributed by atoms with Crippen LogP contribution in [0.25, 0.3) is 0 Å². The summed E-state index contributed by atoms with van der Waals surface area (Å²) in [5, 5.41) is 9.93. The number of ether oxygens (including phenoxy) is 1. The van der Waals surface area contributed by atoms with Gasteiger partial charge in [0, 0.05) is 47.8 Å². The van der Waals surface area contributed by atoms with E-state index >= 15 is 0 Å². The monoisotopic (exact) mass is 477 g/mol. The van der Waals surface area contributed by atoms with Crippen LogP contribution in [0.3, 0.4) is 0 Å². The van der Waals surface area contributed by atoms with Gasteiger partial charge in [-0.2, -0.15) is 0 Å². The minimum atomic E-state index is -0.911. The van der Waals surface area contributed by atoms with Crippen LogP contribution >= 0.6 is 23.2 Å². The molecule has 8 heteroatoms. The van der Waals surface area contributed by atoms with Crippen LogP contribution < -0.4 is 4.74 Å². The summed E-state index contributed by atoms with van der Waals surface area (Å²) in [6, 6.07) is 3.46. The van der Waals surface area contributed by atoms with Gasteiger partial charge >= 0.3 is 5.97 Å². The topological polar surface area (TPSA) is 83.9 Å². The fraction of sp³-hybridized carbons (Fsp3) is 0.458. The van der Waals surface area contributed by atoms with Gasteiger partial charge in [0.05, 0.1) is 23.1 Å². The zero-order chi connectivity index (χ0) is 23.0. The fourth-order valence-corrected chi connectivity index (χ4v) is 5.67. The Morgan fingerprint density at radius 1 is 1.03 bits per heavy atom. The average Bonchev–Trinajstić information content (AvgIpc) is 2.74. The molecule has 32 heavy (non-hydrogen) atoms. The molecule has 170 valence electrons. The van der Waals surface area contributed by atoms with Gasteiger partial charge < -0.3 is 14.7 Å². The van der Waals surface area contributed by atoms with Gasteiger partial charge in [-0.05, 0) is 50.3 Å². The first-order chi connectivity index (χ1) is 15.3. The van der Waals surface area contributed by atoms with Crippen LogP contribution in [-0.4, -0.2) is 40.7 Å². The van der Waals surface area contributed by atoms with Crippen LogP contribution in [0.5, 0.6) is 5.75 Å². The quantitative estimate of drug-likeness (QED) is 0.599. The van der Waals surface area contributed by atoms with Crippen molar-refractivity contribution in [2.75, 3.05) is 13.2 Å². The number of rotatable bonds is 6. The number of allylic oxidation sites excluding steroid dienone is 4. The molecule has 4 rings (SSSR count). The first-order valence-corrected chi connectivity index (χ1v) is 11.7. The lowest BCUT2D eigenvalue weighted by Crippen LogP contribution is -2.39. The van der Waals surface area contributed by atoms with Crippen LogP contribution in [0.4, 0.5) is 0 Å². The molecule has 0 spiro atoms. The number of carboxylic acids is 1. The Labute approximate surface area is 196 Å². The molecule has 1 N–H and O–H groups in total. The van der Waals surface area contributed by atoms with E-state index in [-0.39, 0.29) is 24.5 Å². The third-order valence-electron chi connectivity index (χ3n) is 6.28. The smallest absolute Gasteiger partial charge is 0.305 e. The van der Waals surface area contributed by atoms with Crippen molar-refractivity contribution < 1.29 is 24.2 Å². The second-order valence-corrected chi connectivity index (χ2v) is 9.06. The molecule has 0 radical (unpaired) electrons. The van der Waals surface area contributed by atoms with Crippen molar-refractivity contribution >= 4 is 40.7 Å². The highest BCUT2D eigenvalue weighted by Gasteiger charge is 2.43. The number of carboxylic acid groups (broad SMARTS) is 1. The van der Waals surface area contributed by atoms with Gasteiger partial charge in [-0.25, -0.2) is 0 Å². The average molecular weight is 478 g/mol. The third kappa shape index (κ3) is 4.06. The lowest BCUT2D eigenvalue weighted by Gasteiger charge is -2.44. The van der Waals surface area contributed by atoms with Crippen molar-refractivity contribution in [3.8, 4) is 5.75 Å². The third-order valence-corrected chi connectivity index (χ3v) is 6.84. The van der Waals surface area contributed by atoms with Crippen molar-refractivity contribution in [2.45, 2.75) is 57.8 Å². The molecule has 1 aliphatic heterocycles. The Hall–Kier alpha value is -2.31. The molecule has 0 bridgehead atoms. The number of Topliss-reactive ketones (excluding diaryl/α,β-unsaturated/α-hetero) is 2. The number of hydrogen-bond donors (Lipinski definition) is 1. The molecule has 0 unspecified atom stereocenters. The van der Waals surface area contributed by atoms with Crippen LogP contribution in [0.1, 0.15) is 63.4 Å². The summed E-state index contributed by atoms with van der Waals surface area (Å²) < 4.78 is 5.55. The summed E-state index contributed by atoms with van der Waals surface area (Å²) in [6.45, 7) is 2.48. The Bertz CT molecular complexity index is 991. The molecule has 6 nitrogen and oxygen atoms in total.